The van der Waals surface area contributed by atoms with Gasteiger partial charge in [-0.2, -0.15) is 9.57 Å². The maximum atomic E-state index is 12.7. The quantitative estimate of drug-likeness (QED) is 0.920. The van der Waals surface area contributed by atoms with Gasteiger partial charge in [-0.3, -0.25) is 0 Å². The molecule has 0 amide bonds. The lowest BCUT2D eigenvalue weighted by Gasteiger charge is -2.34. The summed E-state index contributed by atoms with van der Waals surface area (Å²) in [6.45, 7) is 0.758. The Labute approximate surface area is 124 Å². The molecule has 1 saturated heterocycles. The first kappa shape index (κ1) is 15.3. The Balaban J connectivity index is 2.42. The van der Waals surface area contributed by atoms with Crippen molar-refractivity contribution in [1.82, 2.24) is 4.31 Å². The molecule has 7 heteroatoms. The second kappa shape index (κ2) is 6.10. The van der Waals surface area contributed by atoms with E-state index in [-0.39, 0.29) is 16.0 Å². The number of hydrogen-bond acceptors (Lipinski definition) is 4. The van der Waals surface area contributed by atoms with Crippen LogP contribution in [-0.2, 0) is 10.0 Å². The van der Waals surface area contributed by atoms with E-state index in [1.165, 1.54) is 22.5 Å². The average Bonchev–Trinajstić information content (AvgIpc) is 2.46. The van der Waals surface area contributed by atoms with Crippen LogP contribution >= 0.6 is 11.6 Å². The van der Waals surface area contributed by atoms with E-state index in [0.717, 1.165) is 19.3 Å². The number of benzene rings is 1. The molecule has 0 bridgehead atoms. The predicted molar refractivity (Wildman–Crippen MR) is 76.8 cm³/mol. The second-order valence-corrected chi connectivity index (χ2v) is 7.02. The largest absolute Gasteiger partial charge is 0.329 e. The van der Waals surface area contributed by atoms with E-state index in [4.69, 9.17) is 22.6 Å². The molecular weight excluding hydrogens is 298 g/mol. The molecule has 1 aromatic rings. The van der Waals surface area contributed by atoms with Gasteiger partial charge in [-0.1, -0.05) is 18.0 Å². The SMILES string of the molecule is N#Cc1ccc(S(=O)(=O)N2CCCCC2CN)c(Cl)c1. The molecule has 0 aliphatic carbocycles. The summed E-state index contributed by atoms with van der Waals surface area (Å²) in [6.07, 6.45) is 2.57. The van der Waals surface area contributed by atoms with Crippen LogP contribution in [0.3, 0.4) is 0 Å². The van der Waals surface area contributed by atoms with Gasteiger partial charge < -0.3 is 5.73 Å². The summed E-state index contributed by atoms with van der Waals surface area (Å²) >= 11 is 6.01. The first-order valence-electron chi connectivity index (χ1n) is 6.42. The number of nitriles is 1. The lowest BCUT2D eigenvalue weighted by Crippen LogP contribution is -2.47. The van der Waals surface area contributed by atoms with Crippen molar-refractivity contribution in [3.63, 3.8) is 0 Å². The zero-order valence-corrected chi connectivity index (χ0v) is 12.5. The zero-order chi connectivity index (χ0) is 14.8. The Morgan fingerprint density at radius 3 is 2.80 bits per heavy atom. The van der Waals surface area contributed by atoms with Gasteiger partial charge in [-0.05, 0) is 31.0 Å². The maximum absolute atomic E-state index is 12.7. The summed E-state index contributed by atoms with van der Waals surface area (Å²) in [5.74, 6) is 0. The van der Waals surface area contributed by atoms with Gasteiger partial charge in [0.2, 0.25) is 10.0 Å². The first-order valence-corrected chi connectivity index (χ1v) is 8.24. The van der Waals surface area contributed by atoms with E-state index in [2.05, 4.69) is 0 Å². The van der Waals surface area contributed by atoms with E-state index in [1.54, 1.807) is 0 Å². The van der Waals surface area contributed by atoms with Gasteiger partial charge in [0.05, 0.1) is 16.7 Å². The van der Waals surface area contributed by atoms with Gasteiger partial charge >= 0.3 is 0 Å². The molecule has 108 valence electrons. The van der Waals surface area contributed by atoms with Crippen LogP contribution in [0.25, 0.3) is 0 Å². The normalized spacial score (nSPS) is 20.6. The summed E-state index contributed by atoms with van der Waals surface area (Å²) in [5.41, 5.74) is 6.01. The number of halogens is 1. The fraction of sp³-hybridized carbons (Fsp3) is 0.462. The van der Waals surface area contributed by atoms with E-state index in [1.807, 2.05) is 6.07 Å². The van der Waals surface area contributed by atoms with Gasteiger partial charge in [0.15, 0.2) is 0 Å². The van der Waals surface area contributed by atoms with E-state index in [9.17, 15) is 8.42 Å². The second-order valence-electron chi connectivity index (χ2n) is 4.76. The lowest BCUT2D eigenvalue weighted by atomic mass is 10.1. The monoisotopic (exact) mass is 313 g/mol. The van der Waals surface area contributed by atoms with Crippen molar-refractivity contribution in [1.29, 1.82) is 5.26 Å². The van der Waals surface area contributed by atoms with Crippen LogP contribution in [0.1, 0.15) is 24.8 Å². The standard InChI is InChI=1S/C13H16ClN3O2S/c14-12-7-10(8-15)4-5-13(12)20(18,19)17-6-2-1-3-11(17)9-16/h4-5,7,11H,1-3,6,9,16H2. The third-order valence-electron chi connectivity index (χ3n) is 3.49. The summed E-state index contributed by atoms with van der Waals surface area (Å²) in [6, 6.07) is 5.97. The molecule has 20 heavy (non-hydrogen) atoms. The number of rotatable bonds is 3. The summed E-state index contributed by atoms with van der Waals surface area (Å²) in [4.78, 5) is 0.0403. The van der Waals surface area contributed by atoms with Gasteiger partial charge in [-0.25, -0.2) is 8.42 Å². The number of nitrogens with two attached hydrogens (primary N) is 1. The Morgan fingerprint density at radius 1 is 1.45 bits per heavy atom. The molecular formula is C13H16ClN3O2S. The third-order valence-corrected chi connectivity index (χ3v) is 5.93. The van der Waals surface area contributed by atoms with Crippen LogP contribution in [0.5, 0.6) is 0 Å². The zero-order valence-electron chi connectivity index (χ0n) is 10.9. The molecule has 1 heterocycles. The van der Waals surface area contributed by atoms with E-state index < -0.39 is 10.0 Å². The first-order chi connectivity index (χ1) is 9.50. The van der Waals surface area contributed by atoms with Crippen LogP contribution in [0, 0.1) is 11.3 Å². The third kappa shape index (κ3) is 2.81. The molecule has 1 atom stereocenters. The average molecular weight is 314 g/mol. The van der Waals surface area contributed by atoms with Crippen molar-refractivity contribution in [3.8, 4) is 6.07 Å². The van der Waals surface area contributed by atoms with Crippen LogP contribution in [0.15, 0.2) is 23.1 Å². The minimum atomic E-state index is -3.67. The van der Waals surface area contributed by atoms with Gasteiger partial charge in [0, 0.05) is 19.1 Å². The molecule has 0 spiro atoms. The van der Waals surface area contributed by atoms with Crippen molar-refractivity contribution < 1.29 is 8.42 Å². The Hall–Kier alpha value is -1.13. The highest BCUT2D eigenvalue weighted by molar-refractivity contribution is 7.89. The number of nitrogens with zero attached hydrogens (tertiary/aromatic N) is 2. The maximum Gasteiger partial charge on any atom is 0.244 e. The number of hydrogen-bond donors (Lipinski definition) is 1. The summed E-state index contributed by atoms with van der Waals surface area (Å²) < 4.78 is 26.8. The molecule has 1 aliphatic heterocycles. The molecule has 0 radical (unpaired) electrons. The van der Waals surface area contributed by atoms with Crippen molar-refractivity contribution in [3.05, 3.63) is 28.8 Å². The van der Waals surface area contributed by atoms with Crippen LogP contribution < -0.4 is 5.73 Å². The minimum Gasteiger partial charge on any atom is -0.329 e. The van der Waals surface area contributed by atoms with E-state index in [0.29, 0.717) is 18.7 Å². The van der Waals surface area contributed by atoms with Crippen LogP contribution in [-0.4, -0.2) is 31.9 Å². The predicted octanol–water partition coefficient (Wildman–Crippen LogP) is 1.71. The van der Waals surface area contributed by atoms with Crippen LogP contribution in [0.2, 0.25) is 5.02 Å². The number of piperidine rings is 1. The molecule has 2 rings (SSSR count). The minimum absolute atomic E-state index is 0.0403. The molecule has 1 aliphatic rings. The summed E-state index contributed by atoms with van der Waals surface area (Å²) in [7, 11) is -3.67. The molecule has 2 N–H and O–H groups in total. The van der Waals surface area contributed by atoms with Gasteiger partial charge in [-0.15, -0.1) is 0 Å². The van der Waals surface area contributed by atoms with Crippen molar-refractivity contribution in [2.24, 2.45) is 5.73 Å². The molecule has 0 aromatic heterocycles. The van der Waals surface area contributed by atoms with Crippen molar-refractivity contribution in [2.75, 3.05) is 13.1 Å². The fourth-order valence-electron chi connectivity index (χ4n) is 2.43. The van der Waals surface area contributed by atoms with Gasteiger partial charge in [0.1, 0.15) is 4.90 Å². The van der Waals surface area contributed by atoms with Crippen LogP contribution in [0.4, 0.5) is 0 Å². The van der Waals surface area contributed by atoms with Gasteiger partial charge in [0.25, 0.3) is 0 Å². The van der Waals surface area contributed by atoms with Crippen molar-refractivity contribution >= 4 is 21.6 Å². The number of sulfonamides is 1. The molecule has 5 nitrogen and oxygen atoms in total. The Kier molecular flexibility index (Phi) is 4.66. The lowest BCUT2D eigenvalue weighted by molar-refractivity contribution is 0.257. The molecule has 1 aromatic carbocycles. The fourth-order valence-corrected chi connectivity index (χ4v) is 4.66. The Bertz CT molecular complexity index is 640. The van der Waals surface area contributed by atoms with Crippen molar-refractivity contribution in [2.45, 2.75) is 30.2 Å². The topological polar surface area (TPSA) is 87.2 Å². The molecule has 1 unspecified atom stereocenters. The smallest absolute Gasteiger partial charge is 0.244 e. The molecule has 1 fully saturated rings. The summed E-state index contributed by atoms with van der Waals surface area (Å²) in [5, 5.41) is 8.87. The Morgan fingerprint density at radius 2 is 2.20 bits per heavy atom. The molecule has 0 saturated carbocycles. The van der Waals surface area contributed by atoms with E-state index >= 15 is 0 Å². The highest BCUT2D eigenvalue weighted by Gasteiger charge is 2.33. The highest BCUT2D eigenvalue weighted by Crippen LogP contribution is 2.29. The highest BCUT2D eigenvalue weighted by atomic mass is 35.5.